The highest BCUT2D eigenvalue weighted by atomic mass is 35.5. The molecule has 2 aromatic carbocycles. The molecular formula is C24H30Cl2N2O4S. The van der Waals surface area contributed by atoms with Gasteiger partial charge in [-0.2, -0.15) is 0 Å². The summed E-state index contributed by atoms with van der Waals surface area (Å²) in [7, 11) is -3.61. The molecule has 1 amide bonds. The van der Waals surface area contributed by atoms with Gasteiger partial charge < -0.3 is 10.1 Å². The van der Waals surface area contributed by atoms with Crippen LogP contribution in [0.15, 0.2) is 42.5 Å². The smallest absolute Gasteiger partial charge is 0.224 e. The monoisotopic (exact) mass is 512 g/mol. The molecule has 0 unspecified atom stereocenters. The van der Waals surface area contributed by atoms with E-state index in [2.05, 4.69) is 12.2 Å². The van der Waals surface area contributed by atoms with Crippen molar-refractivity contribution in [1.82, 2.24) is 9.62 Å². The Morgan fingerprint density at radius 3 is 2.64 bits per heavy atom. The quantitative estimate of drug-likeness (QED) is 0.468. The van der Waals surface area contributed by atoms with Crippen LogP contribution in [0.25, 0.3) is 0 Å². The SMILES string of the molecule is CCCc1ccc(OCCNC(=O)[C@@H]2CCCN(S(=O)(=O)Cc3ccc(Cl)cc3Cl)C2)cc1. The van der Waals surface area contributed by atoms with Crippen LogP contribution in [-0.4, -0.2) is 44.9 Å². The van der Waals surface area contributed by atoms with E-state index >= 15 is 0 Å². The van der Waals surface area contributed by atoms with Gasteiger partial charge in [0.1, 0.15) is 12.4 Å². The first-order valence-electron chi connectivity index (χ1n) is 11.2. The minimum Gasteiger partial charge on any atom is -0.492 e. The van der Waals surface area contributed by atoms with Crippen LogP contribution in [0.2, 0.25) is 10.0 Å². The average molecular weight is 513 g/mol. The van der Waals surface area contributed by atoms with Gasteiger partial charge in [0.15, 0.2) is 0 Å². The third-order valence-electron chi connectivity index (χ3n) is 5.63. The fourth-order valence-electron chi connectivity index (χ4n) is 3.86. The van der Waals surface area contributed by atoms with Crippen molar-refractivity contribution >= 4 is 39.1 Å². The highest BCUT2D eigenvalue weighted by Gasteiger charge is 2.32. The number of carbonyl (C=O) groups is 1. The second-order valence-corrected chi connectivity index (χ2v) is 11.0. The second-order valence-electron chi connectivity index (χ2n) is 8.22. The molecule has 1 aliphatic heterocycles. The number of amides is 1. The van der Waals surface area contributed by atoms with Gasteiger partial charge in [-0.15, -0.1) is 0 Å². The van der Waals surface area contributed by atoms with E-state index in [4.69, 9.17) is 27.9 Å². The molecule has 0 bridgehead atoms. The lowest BCUT2D eigenvalue weighted by molar-refractivity contribution is -0.126. The molecule has 2 aromatic rings. The van der Waals surface area contributed by atoms with Crippen molar-refractivity contribution in [3.63, 3.8) is 0 Å². The van der Waals surface area contributed by atoms with Gasteiger partial charge in [-0.1, -0.05) is 54.7 Å². The van der Waals surface area contributed by atoms with Crippen LogP contribution in [0, 0.1) is 5.92 Å². The normalized spacial score (nSPS) is 17.0. The van der Waals surface area contributed by atoms with Crippen molar-refractivity contribution in [3.05, 3.63) is 63.6 Å². The zero-order chi connectivity index (χ0) is 23.8. The second kappa shape index (κ2) is 12.1. The molecule has 33 heavy (non-hydrogen) atoms. The Morgan fingerprint density at radius 1 is 1.18 bits per heavy atom. The number of nitrogens with one attached hydrogen (secondary N) is 1. The van der Waals surface area contributed by atoms with Gasteiger partial charge >= 0.3 is 0 Å². The number of hydrogen-bond donors (Lipinski definition) is 1. The lowest BCUT2D eigenvalue weighted by Gasteiger charge is -2.31. The number of aryl methyl sites for hydroxylation is 1. The summed E-state index contributed by atoms with van der Waals surface area (Å²) in [5.74, 6) is 0.00569. The standard InChI is InChI=1S/C24H30Cl2N2O4S/c1-2-4-18-6-10-22(11-7-18)32-14-12-27-24(29)19-5-3-13-28(16-19)33(30,31)17-20-8-9-21(25)15-23(20)26/h6-11,15,19H,2-5,12-14,16-17H2,1H3,(H,27,29)/t19-/m1/s1. The molecule has 0 aliphatic carbocycles. The van der Waals surface area contributed by atoms with Crippen LogP contribution in [0.3, 0.4) is 0 Å². The van der Waals surface area contributed by atoms with Crippen molar-refractivity contribution in [2.45, 2.75) is 38.4 Å². The molecule has 3 rings (SSSR count). The van der Waals surface area contributed by atoms with Crippen molar-refractivity contribution in [2.24, 2.45) is 5.92 Å². The lowest BCUT2D eigenvalue weighted by atomic mass is 9.99. The van der Waals surface area contributed by atoms with Gasteiger partial charge in [-0.05, 0) is 54.7 Å². The van der Waals surface area contributed by atoms with E-state index in [9.17, 15) is 13.2 Å². The van der Waals surface area contributed by atoms with E-state index in [-0.39, 0.29) is 24.1 Å². The zero-order valence-electron chi connectivity index (χ0n) is 18.7. The number of hydrogen-bond acceptors (Lipinski definition) is 4. The number of nitrogens with zero attached hydrogens (tertiary/aromatic N) is 1. The molecule has 0 radical (unpaired) electrons. The zero-order valence-corrected chi connectivity index (χ0v) is 21.1. The van der Waals surface area contributed by atoms with Gasteiger partial charge in [0.25, 0.3) is 0 Å². The van der Waals surface area contributed by atoms with Gasteiger partial charge in [-0.25, -0.2) is 12.7 Å². The fourth-order valence-corrected chi connectivity index (χ4v) is 6.06. The van der Waals surface area contributed by atoms with Crippen molar-refractivity contribution in [2.75, 3.05) is 26.2 Å². The Morgan fingerprint density at radius 2 is 1.94 bits per heavy atom. The molecule has 1 heterocycles. The summed E-state index contributed by atoms with van der Waals surface area (Å²) in [4.78, 5) is 12.6. The number of piperidine rings is 1. The van der Waals surface area contributed by atoms with Gasteiger partial charge in [0.2, 0.25) is 15.9 Å². The number of carbonyl (C=O) groups excluding carboxylic acids is 1. The maximum atomic E-state index is 12.9. The Balaban J connectivity index is 1.47. The van der Waals surface area contributed by atoms with E-state index in [1.807, 2.05) is 24.3 Å². The first kappa shape index (κ1) is 25.8. The number of sulfonamides is 1. The maximum Gasteiger partial charge on any atom is 0.224 e. The van der Waals surface area contributed by atoms with Crippen LogP contribution in [-0.2, 0) is 27.0 Å². The number of rotatable bonds is 10. The van der Waals surface area contributed by atoms with E-state index in [0.29, 0.717) is 48.1 Å². The summed E-state index contributed by atoms with van der Waals surface area (Å²) >= 11 is 12.0. The van der Waals surface area contributed by atoms with E-state index in [1.165, 1.54) is 15.9 Å². The Bertz CT molecular complexity index is 1040. The summed E-state index contributed by atoms with van der Waals surface area (Å²) in [6.45, 7) is 3.42. The van der Waals surface area contributed by atoms with Crippen molar-refractivity contribution in [3.8, 4) is 5.75 Å². The van der Waals surface area contributed by atoms with E-state index in [0.717, 1.165) is 18.6 Å². The predicted molar refractivity (Wildman–Crippen MR) is 132 cm³/mol. The highest BCUT2D eigenvalue weighted by Crippen LogP contribution is 2.26. The molecular weight excluding hydrogens is 483 g/mol. The highest BCUT2D eigenvalue weighted by molar-refractivity contribution is 7.88. The van der Waals surface area contributed by atoms with E-state index < -0.39 is 10.0 Å². The molecule has 6 nitrogen and oxygen atoms in total. The molecule has 1 saturated heterocycles. The number of ether oxygens (including phenoxy) is 1. The summed E-state index contributed by atoms with van der Waals surface area (Å²) in [5.41, 5.74) is 1.76. The van der Waals surface area contributed by atoms with Crippen LogP contribution in [0.5, 0.6) is 5.75 Å². The van der Waals surface area contributed by atoms with Crippen molar-refractivity contribution in [1.29, 1.82) is 0 Å². The summed E-state index contributed by atoms with van der Waals surface area (Å²) < 4.78 is 32.9. The fraction of sp³-hybridized carbons (Fsp3) is 0.458. The third kappa shape index (κ3) is 7.60. The Kier molecular flexibility index (Phi) is 9.44. The largest absolute Gasteiger partial charge is 0.492 e. The molecule has 0 aromatic heterocycles. The van der Waals surface area contributed by atoms with Crippen LogP contribution < -0.4 is 10.1 Å². The summed E-state index contributed by atoms with van der Waals surface area (Å²) in [6, 6.07) is 12.7. The molecule has 0 saturated carbocycles. The molecule has 1 fully saturated rings. The lowest BCUT2D eigenvalue weighted by Crippen LogP contribution is -2.46. The van der Waals surface area contributed by atoms with Crippen LogP contribution in [0.1, 0.15) is 37.3 Å². The maximum absolute atomic E-state index is 12.9. The van der Waals surface area contributed by atoms with Crippen LogP contribution >= 0.6 is 23.2 Å². The van der Waals surface area contributed by atoms with Crippen LogP contribution in [0.4, 0.5) is 0 Å². The first-order valence-corrected chi connectivity index (χ1v) is 13.6. The Hall–Kier alpha value is -1.80. The molecule has 180 valence electrons. The minimum atomic E-state index is -3.61. The molecule has 1 aliphatic rings. The van der Waals surface area contributed by atoms with Gasteiger partial charge in [-0.3, -0.25) is 4.79 Å². The molecule has 9 heteroatoms. The predicted octanol–water partition coefficient (Wildman–Crippen LogP) is 4.68. The molecule has 1 N–H and O–H groups in total. The van der Waals surface area contributed by atoms with Gasteiger partial charge in [0, 0.05) is 23.1 Å². The average Bonchev–Trinajstić information content (AvgIpc) is 2.80. The molecule has 1 atom stereocenters. The van der Waals surface area contributed by atoms with Crippen molar-refractivity contribution < 1.29 is 17.9 Å². The topological polar surface area (TPSA) is 75.7 Å². The summed E-state index contributed by atoms with van der Waals surface area (Å²) in [5, 5.41) is 3.64. The first-order chi connectivity index (χ1) is 15.8. The number of benzene rings is 2. The minimum absolute atomic E-state index is 0.152. The summed E-state index contributed by atoms with van der Waals surface area (Å²) in [6.07, 6.45) is 3.42. The Labute approximate surface area is 206 Å². The molecule has 0 spiro atoms. The van der Waals surface area contributed by atoms with Gasteiger partial charge in [0.05, 0.1) is 18.2 Å². The third-order valence-corrected chi connectivity index (χ3v) is 8.01. The van der Waals surface area contributed by atoms with E-state index in [1.54, 1.807) is 12.1 Å². The number of halogens is 2.